The van der Waals surface area contributed by atoms with Gasteiger partial charge in [0.25, 0.3) is 11.8 Å². The van der Waals surface area contributed by atoms with E-state index in [0.717, 1.165) is 40.3 Å². The van der Waals surface area contributed by atoms with Crippen LogP contribution in [0, 0.1) is 25.7 Å². The van der Waals surface area contributed by atoms with Crippen LogP contribution in [0.5, 0.6) is 5.75 Å². The van der Waals surface area contributed by atoms with Gasteiger partial charge in [0, 0.05) is 35.9 Å². The number of hydrogen-bond acceptors (Lipinski definition) is 5. The molecule has 7 heteroatoms. The number of rotatable bonds is 6. The summed E-state index contributed by atoms with van der Waals surface area (Å²) in [6, 6.07) is 15.4. The zero-order valence-electron chi connectivity index (χ0n) is 20.9. The van der Waals surface area contributed by atoms with E-state index in [2.05, 4.69) is 22.1 Å². The second-order valence-corrected chi connectivity index (χ2v) is 10.0. The number of aromatic nitrogens is 1. The summed E-state index contributed by atoms with van der Waals surface area (Å²) in [5, 5.41) is 5.74. The zero-order chi connectivity index (χ0) is 25.5. The van der Waals surface area contributed by atoms with Crippen LogP contribution in [-0.2, 0) is 4.79 Å². The number of ether oxygens (including phenoxy) is 1. The number of thiazole rings is 1. The molecule has 186 valence electrons. The molecule has 1 N–H and O–H groups in total. The lowest BCUT2D eigenvalue weighted by Gasteiger charge is -2.29. The summed E-state index contributed by atoms with van der Waals surface area (Å²) in [6.45, 7) is 7.61. The van der Waals surface area contributed by atoms with Gasteiger partial charge >= 0.3 is 0 Å². The molecule has 2 heterocycles. The molecule has 1 unspecified atom stereocenters. The zero-order valence-corrected chi connectivity index (χ0v) is 21.7. The highest BCUT2D eigenvalue weighted by atomic mass is 32.1. The second-order valence-electron chi connectivity index (χ2n) is 9.16. The highest BCUT2D eigenvalue weighted by molar-refractivity contribution is 7.09. The summed E-state index contributed by atoms with van der Waals surface area (Å²) in [5.74, 6) is 6.45. The SMILES string of the molecule is Cc1cccc(C)c1OCC(C)NC(=O)c1csc(C2CCN(C(=O)C#Cc3ccccc3)CC2)n1. The second kappa shape index (κ2) is 11.9. The van der Waals surface area contributed by atoms with Crippen molar-refractivity contribution < 1.29 is 14.3 Å². The number of piperidine rings is 1. The molecule has 0 saturated carbocycles. The van der Waals surface area contributed by atoms with E-state index in [-0.39, 0.29) is 23.8 Å². The molecule has 0 spiro atoms. The molecule has 0 bridgehead atoms. The summed E-state index contributed by atoms with van der Waals surface area (Å²) in [5.41, 5.74) is 3.42. The van der Waals surface area contributed by atoms with Gasteiger partial charge in [0.2, 0.25) is 0 Å². The number of carbonyl (C=O) groups is 2. The maximum atomic E-state index is 12.7. The van der Waals surface area contributed by atoms with Crippen molar-refractivity contribution in [3.05, 3.63) is 81.3 Å². The Morgan fingerprint density at radius 2 is 1.81 bits per heavy atom. The lowest BCUT2D eigenvalue weighted by molar-refractivity contribution is -0.126. The van der Waals surface area contributed by atoms with Gasteiger partial charge < -0.3 is 15.0 Å². The molecule has 1 atom stereocenters. The molecular formula is C29H31N3O3S. The van der Waals surface area contributed by atoms with E-state index in [1.807, 2.05) is 74.7 Å². The minimum atomic E-state index is -0.195. The quantitative estimate of drug-likeness (QED) is 0.497. The Morgan fingerprint density at radius 1 is 1.11 bits per heavy atom. The minimum Gasteiger partial charge on any atom is -0.491 e. The Balaban J connectivity index is 1.26. The van der Waals surface area contributed by atoms with Gasteiger partial charge in [-0.05, 0) is 56.9 Å². The van der Waals surface area contributed by atoms with Crippen molar-refractivity contribution in [3.8, 4) is 17.6 Å². The third-order valence-corrected chi connectivity index (χ3v) is 7.24. The van der Waals surface area contributed by atoms with Crippen LogP contribution < -0.4 is 10.1 Å². The van der Waals surface area contributed by atoms with Crippen LogP contribution in [0.3, 0.4) is 0 Å². The van der Waals surface area contributed by atoms with E-state index in [9.17, 15) is 9.59 Å². The Bertz CT molecular complexity index is 1250. The monoisotopic (exact) mass is 501 g/mol. The smallest absolute Gasteiger partial charge is 0.298 e. The van der Waals surface area contributed by atoms with Gasteiger partial charge in [0.05, 0.1) is 11.0 Å². The number of likely N-dealkylation sites (tertiary alicyclic amines) is 1. The number of amides is 2. The number of hydrogen-bond donors (Lipinski definition) is 1. The highest BCUT2D eigenvalue weighted by Crippen LogP contribution is 2.30. The molecule has 1 saturated heterocycles. The predicted octanol–water partition coefficient (Wildman–Crippen LogP) is 4.71. The third kappa shape index (κ3) is 6.52. The van der Waals surface area contributed by atoms with Gasteiger partial charge in [-0.2, -0.15) is 0 Å². The largest absolute Gasteiger partial charge is 0.491 e. The molecule has 2 amide bonds. The fourth-order valence-corrected chi connectivity index (χ4v) is 5.18. The first-order valence-electron chi connectivity index (χ1n) is 12.2. The molecule has 2 aromatic carbocycles. The first-order chi connectivity index (χ1) is 17.4. The first-order valence-corrected chi connectivity index (χ1v) is 13.1. The van der Waals surface area contributed by atoms with Gasteiger partial charge in [0.1, 0.15) is 18.1 Å². The van der Waals surface area contributed by atoms with Crippen LogP contribution in [0.2, 0.25) is 0 Å². The molecule has 1 fully saturated rings. The van der Waals surface area contributed by atoms with Gasteiger partial charge in [0.15, 0.2) is 0 Å². The molecule has 1 aliphatic heterocycles. The third-order valence-electron chi connectivity index (χ3n) is 6.24. The van der Waals surface area contributed by atoms with Gasteiger partial charge in [-0.25, -0.2) is 4.98 Å². The number of carbonyl (C=O) groups excluding carboxylic acids is 2. The van der Waals surface area contributed by atoms with Crippen molar-refractivity contribution in [2.45, 2.75) is 45.6 Å². The van der Waals surface area contributed by atoms with Crippen LogP contribution in [-0.4, -0.2) is 47.4 Å². The average Bonchev–Trinajstić information content (AvgIpc) is 3.38. The normalized spacial score (nSPS) is 14.5. The molecule has 0 aliphatic carbocycles. The van der Waals surface area contributed by atoms with Gasteiger partial charge in [-0.1, -0.05) is 42.3 Å². The molecule has 4 rings (SSSR count). The van der Waals surface area contributed by atoms with Crippen molar-refractivity contribution in [1.29, 1.82) is 0 Å². The average molecular weight is 502 g/mol. The van der Waals surface area contributed by atoms with Crippen molar-refractivity contribution >= 4 is 23.2 Å². The molecular weight excluding hydrogens is 470 g/mol. The predicted molar refractivity (Wildman–Crippen MR) is 142 cm³/mol. The fraction of sp³-hybridized carbons (Fsp3) is 0.345. The number of nitrogens with zero attached hydrogens (tertiary/aromatic N) is 2. The van der Waals surface area contributed by atoms with E-state index in [1.54, 1.807) is 4.90 Å². The topological polar surface area (TPSA) is 71.5 Å². The number of aryl methyl sites for hydroxylation is 2. The van der Waals surface area contributed by atoms with Crippen LogP contribution in [0.15, 0.2) is 53.9 Å². The molecule has 36 heavy (non-hydrogen) atoms. The highest BCUT2D eigenvalue weighted by Gasteiger charge is 2.26. The number of benzene rings is 2. The van der Waals surface area contributed by atoms with E-state index in [0.29, 0.717) is 25.4 Å². The molecule has 1 aromatic heterocycles. The van der Waals surface area contributed by atoms with E-state index in [1.165, 1.54) is 11.3 Å². The Labute approximate surface area is 216 Å². The Morgan fingerprint density at radius 3 is 2.50 bits per heavy atom. The first kappa shape index (κ1) is 25.5. The van der Waals surface area contributed by atoms with Crippen LogP contribution in [0.25, 0.3) is 0 Å². The Hall–Kier alpha value is -3.63. The maximum Gasteiger partial charge on any atom is 0.298 e. The summed E-state index contributed by atoms with van der Waals surface area (Å²) >= 11 is 1.51. The van der Waals surface area contributed by atoms with Gasteiger partial charge in [-0.15, -0.1) is 11.3 Å². The van der Waals surface area contributed by atoms with Crippen molar-refractivity contribution in [2.75, 3.05) is 19.7 Å². The summed E-state index contributed by atoms with van der Waals surface area (Å²) < 4.78 is 5.96. The van der Waals surface area contributed by atoms with E-state index >= 15 is 0 Å². The van der Waals surface area contributed by atoms with Gasteiger partial charge in [-0.3, -0.25) is 9.59 Å². The molecule has 6 nitrogen and oxygen atoms in total. The lowest BCUT2D eigenvalue weighted by Crippen LogP contribution is -2.37. The summed E-state index contributed by atoms with van der Waals surface area (Å²) in [4.78, 5) is 31.6. The van der Waals surface area contributed by atoms with E-state index < -0.39 is 0 Å². The van der Waals surface area contributed by atoms with Crippen molar-refractivity contribution in [1.82, 2.24) is 15.2 Å². The number of nitrogens with one attached hydrogen (secondary N) is 1. The molecule has 1 aliphatic rings. The fourth-order valence-electron chi connectivity index (χ4n) is 4.21. The molecule has 3 aromatic rings. The van der Waals surface area contributed by atoms with Crippen molar-refractivity contribution in [2.24, 2.45) is 0 Å². The van der Waals surface area contributed by atoms with Crippen LogP contribution in [0.4, 0.5) is 0 Å². The number of para-hydroxylation sites is 1. The summed E-state index contributed by atoms with van der Waals surface area (Å²) in [7, 11) is 0. The van der Waals surface area contributed by atoms with Crippen LogP contribution >= 0.6 is 11.3 Å². The van der Waals surface area contributed by atoms with E-state index in [4.69, 9.17) is 4.74 Å². The maximum absolute atomic E-state index is 12.7. The minimum absolute atomic E-state index is 0.145. The lowest BCUT2D eigenvalue weighted by atomic mass is 9.97. The van der Waals surface area contributed by atoms with Crippen molar-refractivity contribution in [3.63, 3.8) is 0 Å². The summed E-state index contributed by atoms with van der Waals surface area (Å²) in [6.07, 6.45) is 1.63. The molecule has 0 radical (unpaired) electrons. The Kier molecular flexibility index (Phi) is 8.40. The van der Waals surface area contributed by atoms with Crippen LogP contribution in [0.1, 0.15) is 57.9 Å². The standard InChI is InChI=1S/C29H31N3O3S/c1-20-8-7-9-21(2)27(20)35-18-22(3)30-28(34)25-19-36-29(31-25)24-14-16-32(17-15-24)26(33)13-12-23-10-5-4-6-11-23/h4-11,19,22,24H,14-18H2,1-3H3,(H,30,34).